The lowest BCUT2D eigenvalue weighted by molar-refractivity contribution is 0.686. The van der Waals surface area contributed by atoms with Crippen molar-refractivity contribution in [2.24, 2.45) is 5.73 Å². The molecule has 2 heteroatoms. The Morgan fingerprint density at radius 1 is 1.00 bits per heavy atom. The number of halogens is 1. The molecule has 0 fully saturated rings. The third-order valence-electron chi connectivity index (χ3n) is 3.72. The average molecular weight is 318 g/mol. The zero-order valence-corrected chi connectivity index (χ0v) is 13.1. The van der Waals surface area contributed by atoms with Crippen molar-refractivity contribution in [3.05, 3.63) is 69.2 Å². The third kappa shape index (κ3) is 3.26. The van der Waals surface area contributed by atoms with Crippen molar-refractivity contribution in [1.29, 1.82) is 0 Å². The first-order chi connectivity index (χ1) is 9.13. The van der Waals surface area contributed by atoms with Crippen LogP contribution < -0.4 is 5.73 Å². The monoisotopic (exact) mass is 317 g/mol. The SMILES string of the molecule is Cc1cccc(C)c1CC(CN)c1ccccc1Br. The van der Waals surface area contributed by atoms with Gasteiger partial charge in [0.05, 0.1) is 0 Å². The van der Waals surface area contributed by atoms with Gasteiger partial charge in [-0.3, -0.25) is 0 Å². The summed E-state index contributed by atoms with van der Waals surface area (Å²) in [6.07, 6.45) is 0.998. The van der Waals surface area contributed by atoms with E-state index in [0.29, 0.717) is 12.5 Å². The normalized spacial score (nSPS) is 12.4. The fraction of sp³-hybridized carbons (Fsp3) is 0.294. The van der Waals surface area contributed by atoms with E-state index in [2.05, 4.69) is 66.2 Å². The predicted molar refractivity (Wildman–Crippen MR) is 85.6 cm³/mol. The van der Waals surface area contributed by atoms with Crippen molar-refractivity contribution < 1.29 is 0 Å². The number of rotatable bonds is 4. The highest BCUT2D eigenvalue weighted by molar-refractivity contribution is 9.10. The van der Waals surface area contributed by atoms with E-state index in [1.807, 2.05) is 6.07 Å². The van der Waals surface area contributed by atoms with Gasteiger partial charge in [-0.15, -0.1) is 0 Å². The summed E-state index contributed by atoms with van der Waals surface area (Å²) in [4.78, 5) is 0. The molecule has 2 rings (SSSR count). The van der Waals surface area contributed by atoms with E-state index >= 15 is 0 Å². The van der Waals surface area contributed by atoms with Gasteiger partial charge in [-0.25, -0.2) is 0 Å². The maximum Gasteiger partial charge on any atom is 0.0210 e. The van der Waals surface area contributed by atoms with Gasteiger partial charge >= 0.3 is 0 Å². The summed E-state index contributed by atoms with van der Waals surface area (Å²) in [5.41, 5.74) is 11.4. The Balaban J connectivity index is 2.32. The molecule has 2 aromatic carbocycles. The van der Waals surface area contributed by atoms with Gasteiger partial charge in [0.25, 0.3) is 0 Å². The highest BCUT2D eigenvalue weighted by atomic mass is 79.9. The lowest BCUT2D eigenvalue weighted by atomic mass is 9.88. The van der Waals surface area contributed by atoms with E-state index in [1.165, 1.54) is 22.3 Å². The molecule has 0 aliphatic heterocycles. The molecule has 2 aromatic rings. The maximum absolute atomic E-state index is 6.00. The molecule has 0 saturated heterocycles. The Bertz CT molecular complexity index is 543. The van der Waals surface area contributed by atoms with Crippen LogP contribution in [0.4, 0.5) is 0 Å². The van der Waals surface area contributed by atoms with Crippen LogP contribution in [0.5, 0.6) is 0 Å². The van der Waals surface area contributed by atoms with Crippen LogP contribution in [0.25, 0.3) is 0 Å². The molecule has 0 radical (unpaired) electrons. The molecule has 0 aromatic heterocycles. The van der Waals surface area contributed by atoms with Gasteiger partial charge in [0.1, 0.15) is 0 Å². The molecule has 1 atom stereocenters. The average Bonchev–Trinajstić information content (AvgIpc) is 2.40. The molecule has 19 heavy (non-hydrogen) atoms. The third-order valence-corrected chi connectivity index (χ3v) is 4.45. The molecule has 0 aliphatic carbocycles. The number of benzene rings is 2. The van der Waals surface area contributed by atoms with Gasteiger partial charge in [0, 0.05) is 10.4 Å². The van der Waals surface area contributed by atoms with Crippen molar-refractivity contribution >= 4 is 15.9 Å². The molecule has 1 unspecified atom stereocenters. The number of nitrogens with two attached hydrogens (primary N) is 1. The molecular formula is C17H20BrN. The van der Waals surface area contributed by atoms with E-state index in [-0.39, 0.29) is 0 Å². The Hall–Kier alpha value is -1.12. The van der Waals surface area contributed by atoms with E-state index in [4.69, 9.17) is 5.73 Å². The molecular weight excluding hydrogens is 298 g/mol. The van der Waals surface area contributed by atoms with Crippen LogP contribution >= 0.6 is 15.9 Å². The second kappa shape index (κ2) is 6.36. The maximum atomic E-state index is 6.00. The predicted octanol–water partition coefficient (Wildman–Crippen LogP) is 4.35. The van der Waals surface area contributed by atoms with Crippen LogP contribution in [0.1, 0.15) is 28.2 Å². The molecule has 0 heterocycles. The Morgan fingerprint density at radius 2 is 1.63 bits per heavy atom. The van der Waals surface area contributed by atoms with Crippen molar-refractivity contribution in [2.45, 2.75) is 26.2 Å². The zero-order chi connectivity index (χ0) is 13.8. The van der Waals surface area contributed by atoms with Gasteiger partial charge < -0.3 is 5.73 Å². The Morgan fingerprint density at radius 3 is 2.21 bits per heavy atom. The van der Waals surface area contributed by atoms with Crippen LogP contribution in [-0.4, -0.2) is 6.54 Å². The molecule has 0 amide bonds. The molecule has 0 bridgehead atoms. The fourth-order valence-corrected chi connectivity index (χ4v) is 3.15. The van der Waals surface area contributed by atoms with Crippen LogP contribution in [-0.2, 0) is 6.42 Å². The molecule has 0 aliphatic rings. The first kappa shape index (κ1) is 14.3. The number of hydrogen-bond donors (Lipinski definition) is 1. The van der Waals surface area contributed by atoms with Gasteiger partial charge in [-0.2, -0.15) is 0 Å². The Labute approximate surface area is 124 Å². The lowest BCUT2D eigenvalue weighted by Crippen LogP contribution is -2.16. The largest absolute Gasteiger partial charge is 0.330 e. The summed E-state index contributed by atoms with van der Waals surface area (Å²) in [5, 5.41) is 0. The minimum absolute atomic E-state index is 0.357. The minimum Gasteiger partial charge on any atom is -0.330 e. The summed E-state index contributed by atoms with van der Waals surface area (Å²) in [6.45, 7) is 5.02. The van der Waals surface area contributed by atoms with Gasteiger partial charge in [-0.1, -0.05) is 52.3 Å². The molecule has 2 N–H and O–H groups in total. The summed E-state index contributed by atoms with van der Waals surface area (Å²) in [5.74, 6) is 0.357. The van der Waals surface area contributed by atoms with Crippen LogP contribution in [0.15, 0.2) is 46.9 Å². The highest BCUT2D eigenvalue weighted by Crippen LogP contribution is 2.29. The zero-order valence-electron chi connectivity index (χ0n) is 11.5. The minimum atomic E-state index is 0.357. The number of hydrogen-bond acceptors (Lipinski definition) is 1. The highest BCUT2D eigenvalue weighted by Gasteiger charge is 2.15. The number of aryl methyl sites for hydroxylation is 2. The standard InChI is InChI=1S/C17H20BrN/c1-12-6-5-7-13(2)16(12)10-14(11-19)15-8-3-4-9-17(15)18/h3-9,14H,10-11,19H2,1-2H3. The summed E-state index contributed by atoms with van der Waals surface area (Å²) >= 11 is 3.63. The molecule has 1 nitrogen and oxygen atoms in total. The second-order valence-electron chi connectivity index (χ2n) is 5.03. The van der Waals surface area contributed by atoms with Crippen molar-refractivity contribution in [2.75, 3.05) is 6.54 Å². The summed E-state index contributed by atoms with van der Waals surface area (Å²) < 4.78 is 1.15. The van der Waals surface area contributed by atoms with Crippen LogP contribution in [0, 0.1) is 13.8 Å². The van der Waals surface area contributed by atoms with Crippen LogP contribution in [0.2, 0.25) is 0 Å². The van der Waals surface area contributed by atoms with Gasteiger partial charge in [0.2, 0.25) is 0 Å². The Kier molecular flexibility index (Phi) is 4.78. The summed E-state index contributed by atoms with van der Waals surface area (Å²) in [7, 11) is 0. The molecule has 0 spiro atoms. The van der Waals surface area contributed by atoms with E-state index < -0.39 is 0 Å². The van der Waals surface area contributed by atoms with Gasteiger partial charge in [-0.05, 0) is 55.1 Å². The van der Waals surface area contributed by atoms with Crippen molar-refractivity contribution in [3.8, 4) is 0 Å². The smallest absolute Gasteiger partial charge is 0.0210 e. The molecule has 0 saturated carbocycles. The van der Waals surface area contributed by atoms with E-state index in [9.17, 15) is 0 Å². The first-order valence-electron chi connectivity index (χ1n) is 6.63. The van der Waals surface area contributed by atoms with Crippen LogP contribution in [0.3, 0.4) is 0 Å². The van der Waals surface area contributed by atoms with Crippen molar-refractivity contribution in [3.63, 3.8) is 0 Å². The van der Waals surface area contributed by atoms with E-state index in [1.54, 1.807) is 0 Å². The quantitative estimate of drug-likeness (QED) is 0.891. The lowest BCUT2D eigenvalue weighted by Gasteiger charge is -2.19. The second-order valence-corrected chi connectivity index (χ2v) is 5.88. The fourth-order valence-electron chi connectivity index (χ4n) is 2.54. The van der Waals surface area contributed by atoms with Gasteiger partial charge in [0.15, 0.2) is 0 Å². The first-order valence-corrected chi connectivity index (χ1v) is 7.42. The summed E-state index contributed by atoms with van der Waals surface area (Å²) in [6, 6.07) is 14.8. The topological polar surface area (TPSA) is 26.0 Å². The van der Waals surface area contributed by atoms with E-state index in [0.717, 1.165) is 10.9 Å². The molecule has 100 valence electrons. The van der Waals surface area contributed by atoms with Crippen molar-refractivity contribution in [1.82, 2.24) is 0 Å².